The van der Waals surface area contributed by atoms with E-state index < -0.39 is 0 Å². The summed E-state index contributed by atoms with van der Waals surface area (Å²) in [5.41, 5.74) is 3.51. The molecule has 0 radical (unpaired) electrons. The molecule has 0 spiro atoms. The minimum Gasteiger partial charge on any atom is -0.340 e. The van der Waals surface area contributed by atoms with E-state index in [1.165, 1.54) is 18.8 Å². The number of benzene rings is 2. The van der Waals surface area contributed by atoms with Crippen LogP contribution in [0.2, 0.25) is 0 Å². The Morgan fingerprint density at radius 1 is 0.893 bits per heavy atom. The molecule has 28 heavy (non-hydrogen) atoms. The Morgan fingerprint density at radius 2 is 1.61 bits per heavy atom. The van der Waals surface area contributed by atoms with Gasteiger partial charge >= 0.3 is 0 Å². The lowest BCUT2D eigenvalue weighted by molar-refractivity contribution is -0.114. The van der Waals surface area contributed by atoms with Crippen molar-refractivity contribution in [2.75, 3.05) is 16.0 Å². The van der Waals surface area contributed by atoms with E-state index in [-0.39, 0.29) is 17.5 Å². The van der Waals surface area contributed by atoms with Crippen molar-refractivity contribution in [3.8, 4) is 0 Å². The summed E-state index contributed by atoms with van der Waals surface area (Å²) in [7, 11) is 0. The second-order valence-corrected chi connectivity index (χ2v) is 6.18. The number of nitrogens with one attached hydrogen (secondary N) is 3. The second-order valence-electron chi connectivity index (χ2n) is 6.18. The van der Waals surface area contributed by atoms with Crippen LogP contribution in [0.15, 0.2) is 60.9 Å². The fourth-order valence-corrected chi connectivity index (χ4v) is 2.59. The van der Waals surface area contributed by atoms with Gasteiger partial charge in [0, 0.05) is 30.1 Å². The third-order valence-electron chi connectivity index (χ3n) is 3.98. The van der Waals surface area contributed by atoms with Crippen molar-refractivity contribution in [1.82, 2.24) is 9.97 Å². The molecule has 7 nitrogen and oxygen atoms in total. The molecule has 1 heterocycles. The number of carbonyl (C=O) groups excluding carboxylic acids is 2. The lowest BCUT2D eigenvalue weighted by Gasteiger charge is -2.09. The van der Waals surface area contributed by atoms with Gasteiger partial charge in [0.15, 0.2) is 0 Å². The van der Waals surface area contributed by atoms with Crippen molar-refractivity contribution >= 4 is 34.7 Å². The van der Waals surface area contributed by atoms with Gasteiger partial charge in [0.25, 0.3) is 5.91 Å². The maximum absolute atomic E-state index is 12.5. The van der Waals surface area contributed by atoms with Gasteiger partial charge in [0.05, 0.1) is 0 Å². The topological polar surface area (TPSA) is 96.0 Å². The van der Waals surface area contributed by atoms with Crippen LogP contribution in [0.4, 0.5) is 22.9 Å². The molecule has 0 atom stereocenters. The first-order chi connectivity index (χ1) is 13.5. The predicted molar refractivity (Wildman–Crippen MR) is 110 cm³/mol. The number of carbonyl (C=O) groups is 2. The summed E-state index contributed by atoms with van der Waals surface area (Å²) < 4.78 is 0. The lowest BCUT2D eigenvalue weighted by atomic mass is 10.1. The molecule has 0 unspecified atom stereocenters. The Kier molecular flexibility index (Phi) is 5.96. The number of aryl methyl sites for hydroxylation is 1. The number of hydrogen-bond acceptors (Lipinski definition) is 5. The summed E-state index contributed by atoms with van der Waals surface area (Å²) in [6.45, 7) is 3.53. The van der Waals surface area contributed by atoms with Gasteiger partial charge in [-0.15, -0.1) is 0 Å². The summed E-state index contributed by atoms with van der Waals surface area (Å²) in [5.74, 6) is -0.0230. The molecule has 0 saturated carbocycles. The smallest absolute Gasteiger partial charge is 0.274 e. The molecule has 0 aliphatic rings. The standard InChI is InChI=1S/C21H21N5O2/c1-3-15-7-9-16(10-8-15)25-20-12-19(22-13-23-20)21(28)26-18-6-4-5-17(11-18)24-14(2)27/h4-13H,3H2,1-2H3,(H,24,27)(H,26,28)(H,22,23,25). The van der Waals surface area contributed by atoms with E-state index in [2.05, 4.69) is 32.8 Å². The predicted octanol–water partition coefficient (Wildman–Crippen LogP) is 3.99. The summed E-state index contributed by atoms with van der Waals surface area (Å²) >= 11 is 0. The minimum absolute atomic E-state index is 0.179. The van der Waals surface area contributed by atoms with Crippen molar-refractivity contribution in [2.45, 2.75) is 20.3 Å². The maximum Gasteiger partial charge on any atom is 0.274 e. The van der Waals surface area contributed by atoms with Crippen molar-refractivity contribution in [3.63, 3.8) is 0 Å². The summed E-state index contributed by atoms with van der Waals surface area (Å²) in [6, 6.07) is 16.5. The van der Waals surface area contributed by atoms with Gasteiger partial charge < -0.3 is 16.0 Å². The molecule has 142 valence electrons. The van der Waals surface area contributed by atoms with Crippen LogP contribution in [0.1, 0.15) is 29.9 Å². The van der Waals surface area contributed by atoms with Gasteiger partial charge in [-0.25, -0.2) is 9.97 Å². The molecule has 0 saturated heterocycles. The Morgan fingerprint density at radius 3 is 2.29 bits per heavy atom. The zero-order valence-corrected chi connectivity index (χ0v) is 15.7. The number of aromatic nitrogens is 2. The molecule has 0 aliphatic carbocycles. The van der Waals surface area contributed by atoms with Crippen LogP contribution in [0.25, 0.3) is 0 Å². The van der Waals surface area contributed by atoms with Crippen LogP contribution in [0, 0.1) is 0 Å². The highest BCUT2D eigenvalue weighted by atomic mass is 16.2. The highest BCUT2D eigenvalue weighted by Crippen LogP contribution is 2.18. The molecule has 3 rings (SSSR count). The Hall–Kier alpha value is -3.74. The molecule has 0 bridgehead atoms. The summed E-state index contributed by atoms with van der Waals surface area (Å²) in [5, 5.41) is 8.61. The largest absolute Gasteiger partial charge is 0.340 e. The van der Waals surface area contributed by atoms with Crippen molar-refractivity contribution in [1.29, 1.82) is 0 Å². The highest BCUT2D eigenvalue weighted by Gasteiger charge is 2.10. The quantitative estimate of drug-likeness (QED) is 0.605. The van der Waals surface area contributed by atoms with Crippen LogP contribution in [-0.2, 0) is 11.2 Å². The number of nitrogens with zero attached hydrogens (tertiary/aromatic N) is 2. The Labute approximate surface area is 163 Å². The number of rotatable bonds is 6. The average Bonchev–Trinajstić information content (AvgIpc) is 2.68. The van der Waals surface area contributed by atoms with Crippen molar-refractivity contribution in [2.24, 2.45) is 0 Å². The molecule has 3 aromatic rings. The first-order valence-electron chi connectivity index (χ1n) is 8.90. The Balaban J connectivity index is 1.70. The molecular weight excluding hydrogens is 354 g/mol. The van der Waals surface area contributed by atoms with E-state index in [0.29, 0.717) is 17.2 Å². The molecule has 3 N–H and O–H groups in total. The zero-order valence-electron chi connectivity index (χ0n) is 15.7. The summed E-state index contributed by atoms with van der Waals surface area (Å²) in [4.78, 5) is 31.9. The third kappa shape index (κ3) is 5.14. The van der Waals surface area contributed by atoms with E-state index >= 15 is 0 Å². The van der Waals surface area contributed by atoms with Gasteiger partial charge in [-0.1, -0.05) is 25.1 Å². The Bertz CT molecular complexity index is 986. The van der Waals surface area contributed by atoms with Crippen LogP contribution >= 0.6 is 0 Å². The first kappa shape index (κ1) is 19.0. The van der Waals surface area contributed by atoms with Crippen molar-refractivity contribution < 1.29 is 9.59 Å². The van der Waals surface area contributed by atoms with E-state index in [4.69, 9.17) is 0 Å². The molecular formula is C21H21N5O2. The summed E-state index contributed by atoms with van der Waals surface area (Å²) in [6.07, 6.45) is 2.31. The fraction of sp³-hybridized carbons (Fsp3) is 0.143. The lowest BCUT2D eigenvalue weighted by Crippen LogP contribution is -2.14. The number of hydrogen-bond donors (Lipinski definition) is 3. The molecule has 1 aromatic heterocycles. The van der Waals surface area contributed by atoms with E-state index in [1.54, 1.807) is 30.3 Å². The molecule has 7 heteroatoms. The second kappa shape index (κ2) is 8.77. The van der Waals surface area contributed by atoms with Gasteiger partial charge in [-0.3, -0.25) is 9.59 Å². The third-order valence-corrected chi connectivity index (χ3v) is 3.98. The first-order valence-corrected chi connectivity index (χ1v) is 8.90. The van der Waals surface area contributed by atoms with Crippen molar-refractivity contribution in [3.05, 3.63) is 72.2 Å². The molecule has 2 amide bonds. The van der Waals surface area contributed by atoms with Gasteiger partial charge in [0.2, 0.25) is 5.91 Å². The zero-order chi connectivity index (χ0) is 19.9. The van der Waals surface area contributed by atoms with Crippen LogP contribution in [-0.4, -0.2) is 21.8 Å². The van der Waals surface area contributed by atoms with E-state index in [0.717, 1.165) is 12.1 Å². The molecule has 2 aromatic carbocycles. The normalized spacial score (nSPS) is 10.2. The fourth-order valence-electron chi connectivity index (χ4n) is 2.59. The number of amides is 2. The SMILES string of the molecule is CCc1ccc(Nc2cc(C(=O)Nc3cccc(NC(C)=O)c3)ncn2)cc1. The monoisotopic (exact) mass is 375 g/mol. The minimum atomic E-state index is -0.369. The van der Waals surface area contributed by atoms with Crippen LogP contribution < -0.4 is 16.0 Å². The van der Waals surface area contributed by atoms with Crippen LogP contribution in [0.5, 0.6) is 0 Å². The van der Waals surface area contributed by atoms with E-state index in [1.807, 2.05) is 24.3 Å². The molecule has 0 aliphatic heterocycles. The number of anilines is 4. The average molecular weight is 375 g/mol. The maximum atomic E-state index is 12.5. The van der Waals surface area contributed by atoms with Gasteiger partial charge in [0.1, 0.15) is 17.8 Å². The van der Waals surface area contributed by atoms with Crippen LogP contribution in [0.3, 0.4) is 0 Å². The van der Waals surface area contributed by atoms with Gasteiger partial charge in [-0.2, -0.15) is 0 Å². The van der Waals surface area contributed by atoms with Gasteiger partial charge in [-0.05, 0) is 42.3 Å². The highest BCUT2D eigenvalue weighted by molar-refractivity contribution is 6.03. The molecule has 0 fully saturated rings. The van der Waals surface area contributed by atoms with E-state index in [9.17, 15) is 9.59 Å².